The Labute approximate surface area is 66.0 Å². The van der Waals surface area contributed by atoms with E-state index in [9.17, 15) is 4.79 Å². The van der Waals surface area contributed by atoms with Crippen molar-refractivity contribution in [2.45, 2.75) is 18.8 Å². The molecule has 1 fully saturated rings. The highest BCUT2D eigenvalue weighted by Gasteiger charge is 2.28. The maximum Gasteiger partial charge on any atom is 0.140 e. The lowest BCUT2D eigenvalue weighted by molar-refractivity contribution is -0.125. The Morgan fingerprint density at radius 2 is 1.91 bits per heavy atom. The van der Waals surface area contributed by atoms with Crippen LogP contribution in [0.1, 0.15) is 24.3 Å². The van der Waals surface area contributed by atoms with Crippen LogP contribution in [-0.2, 0) is 4.79 Å². The predicted octanol–water partition coefficient (Wildman–Crippen LogP) is 2.13. The average molecular weight is 146 g/mol. The Bertz CT molecular complexity index is 263. The molecule has 0 bridgehead atoms. The summed E-state index contributed by atoms with van der Waals surface area (Å²) >= 11 is 0. The molecule has 1 aromatic carbocycles. The quantitative estimate of drug-likeness (QED) is 0.593. The van der Waals surface area contributed by atoms with E-state index >= 15 is 0 Å². The van der Waals surface area contributed by atoms with Crippen LogP contribution in [0.3, 0.4) is 0 Å². The van der Waals surface area contributed by atoms with Crippen molar-refractivity contribution in [1.82, 2.24) is 0 Å². The lowest BCUT2D eigenvalue weighted by Crippen LogP contribution is -2.22. The predicted molar refractivity (Wildman–Crippen MR) is 43.4 cm³/mol. The summed E-state index contributed by atoms with van der Waals surface area (Å²) in [6.45, 7) is 0. The molecule has 0 unspecified atom stereocenters. The second-order valence-electron chi connectivity index (χ2n) is 2.97. The molecular weight excluding hydrogens is 136 g/mol. The normalized spacial score (nSPS) is 22.9. The highest BCUT2D eigenvalue weighted by Crippen LogP contribution is 2.32. The Morgan fingerprint density at radius 3 is 2.36 bits per heavy atom. The van der Waals surface area contributed by atoms with Crippen LogP contribution in [0.5, 0.6) is 0 Å². The van der Waals surface area contributed by atoms with Gasteiger partial charge in [-0.25, -0.2) is 0 Å². The first-order chi connectivity index (χ1) is 5.38. The average Bonchev–Trinajstić information content (AvgIpc) is 2.04. The minimum absolute atomic E-state index is 0.219. The van der Waals surface area contributed by atoms with Gasteiger partial charge in [0, 0.05) is 12.3 Å². The lowest BCUT2D eigenvalue weighted by atomic mass is 9.79. The number of carbonyl (C=O) groups is 1. The summed E-state index contributed by atoms with van der Waals surface area (Å²) < 4.78 is 0. The van der Waals surface area contributed by atoms with Crippen molar-refractivity contribution >= 4 is 5.78 Å². The largest absolute Gasteiger partial charge is 0.299 e. The molecule has 1 aromatic rings. The van der Waals surface area contributed by atoms with Crippen LogP contribution < -0.4 is 0 Å². The van der Waals surface area contributed by atoms with E-state index in [0.717, 1.165) is 12.8 Å². The topological polar surface area (TPSA) is 17.1 Å². The fraction of sp³-hybridized carbons (Fsp3) is 0.300. The summed E-state index contributed by atoms with van der Waals surface area (Å²) in [5, 5.41) is 0. The molecule has 1 atom stereocenters. The molecule has 56 valence electrons. The molecule has 1 nitrogen and oxygen atoms in total. The summed E-state index contributed by atoms with van der Waals surface area (Å²) in [6.07, 6.45) is 1.82. The highest BCUT2D eigenvalue weighted by molar-refractivity contribution is 5.91. The highest BCUT2D eigenvalue weighted by atomic mass is 16.1. The molecule has 2 rings (SSSR count). The van der Waals surface area contributed by atoms with Crippen molar-refractivity contribution in [3.63, 3.8) is 0 Å². The maximum atomic E-state index is 11.0. The maximum absolute atomic E-state index is 11.0. The van der Waals surface area contributed by atoms with Crippen LogP contribution in [0.4, 0.5) is 0 Å². The second-order valence-corrected chi connectivity index (χ2v) is 2.97. The van der Waals surface area contributed by atoms with Gasteiger partial charge in [0.25, 0.3) is 0 Å². The van der Waals surface area contributed by atoms with Crippen molar-refractivity contribution in [2.75, 3.05) is 0 Å². The molecule has 1 aliphatic rings. The minimum atomic E-state index is 0.219. The molecule has 11 heavy (non-hydrogen) atoms. The van der Waals surface area contributed by atoms with Gasteiger partial charge in [-0.05, 0) is 12.0 Å². The van der Waals surface area contributed by atoms with Gasteiger partial charge in [-0.2, -0.15) is 0 Å². The summed E-state index contributed by atoms with van der Waals surface area (Å²) in [5.41, 5.74) is 1.18. The van der Waals surface area contributed by atoms with Gasteiger partial charge in [0.2, 0.25) is 0 Å². The number of rotatable bonds is 1. The van der Waals surface area contributed by atoms with E-state index in [1.54, 1.807) is 0 Å². The molecular formula is C10H10O. The van der Waals surface area contributed by atoms with Crippen LogP contribution in [0.2, 0.25) is 0 Å². The molecule has 1 heteroatoms. The Kier molecular flexibility index (Phi) is 1.50. The number of carbonyl (C=O) groups excluding carboxylic acids is 1. The van der Waals surface area contributed by atoms with Crippen molar-refractivity contribution in [1.29, 1.82) is 0 Å². The zero-order chi connectivity index (χ0) is 7.68. The SMILES string of the molecule is O=C1CC[C@H]1c1ccccc1. The smallest absolute Gasteiger partial charge is 0.140 e. The van der Waals surface area contributed by atoms with Crippen molar-refractivity contribution in [3.8, 4) is 0 Å². The zero-order valence-electron chi connectivity index (χ0n) is 6.29. The third-order valence-corrected chi connectivity index (χ3v) is 2.27. The number of Topliss-reactive ketones (excluding diaryl/α,β-unsaturated/α-hetero) is 1. The molecule has 0 N–H and O–H groups in total. The van der Waals surface area contributed by atoms with Gasteiger partial charge in [0.15, 0.2) is 0 Å². The number of hydrogen-bond acceptors (Lipinski definition) is 1. The van der Waals surface area contributed by atoms with Crippen LogP contribution in [0.25, 0.3) is 0 Å². The zero-order valence-corrected chi connectivity index (χ0v) is 6.29. The van der Waals surface area contributed by atoms with Crippen LogP contribution in [-0.4, -0.2) is 5.78 Å². The van der Waals surface area contributed by atoms with Gasteiger partial charge in [-0.3, -0.25) is 4.79 Å². The van der Waals surface area contributed by atoms with Gasteiger partial charge in [-0.1, -0.05) is 30.3 Å². The summed E-state index contributed by atoms with van der Waals surface area (Å²) in [6, 6.07) is 10.0. The fourth-order valence-corrected chi connectivity index (χ4v) is 1.44. The van der Waals surface area contributed by atoms with E-state index in [-0.39, 0.29) is 5.92 Å². The van der Waals surface area contributed by atoms with Gasteiger partial charge in [0.1, 0.15) is 5.78 Å². The monoisotopic (exact) mass is 146 g/mol. The van der Waals surface area contributed by atoms with E-state index in [4.69, 9.17) is 0 Å². The number of ketones is 1. The first-order valence-electron chi connectivity index (χ1n) is 3.95. The van der Waals surface area contributed by atoms with E-state index in [1.807, 2.05) is 30.3 Å². The number of hydrogen-bond donors (Lipinski definition) is 0. The van der Waals surface area contributed by atoms with Crippen molar-refractivity contribution < 1.29 is 4.79 Å². The van der Waals surface area contributed by atoms with Crippen LogP contribution in [0, 0.1) is 0 Å². The molecule has 0 aromatic heterocycles. The summed E-state index contributed by atoms with van der Waals surface area (Å²) in [4.78, 5) is 11.0. The van der Waals surface area contributed by atoms with Gasteiger partial charge >= 0.3 is 0 Å². The van der Waals surface area contributed by atoms with E-state index < -0.39 is 0 Å². The fourth-order valence-electron chi connectivity index (χ4n) is 1.44. The van der Waals surface area contributed by atoms with E-state index in [2.05, 4.69) is 0 Å². The Morgan fingerprint density at radius 1 is 1.18 bits per heavy atom. The standard InChI is InChI=1S/C10H10O/c11-10-7-6-9(10)8-4-2-1-3-5-8/h1-5,9H,6-7H2/t9-/m0/s1. The first-order valence-corrected chi connectivity index (χ1v) is 3.95. The van der Waals surface area contributed by atoms with Crippen molar-refractivity contribution in [2.24, 2.45) is 0 Å². The minimum Gasteiger partial charge on any atom is -0.299 e. The van der Waals surface area contributed by atoms with Crippen molar-refractivity contribution in [3.05, 3.63) is 35.9 Å². The molecule has 0 radical (unpaired) electrons. The third kappa shape index (κ3) is 1.07. The molecule has 0 amide bonds. The van der Waals surface area contributed by atoms with E-state index in [0.29, 0.717) is 5.78 Å². The molecule has 0 saturated heterocycles. The molecule has 0 aliphatic heterocycles. The Hall–Kier alpha value is -1.11. The molecule has 0 spiro atoms. The van der Waals surface area contributed by atoms with Crippen LogP contribution in [0.15, 0.2) is 30.3 Å². The lowest BCUT2D eigenvalue weighted by Gasteiger charge is -2.23. The van der Waals surface area contributed by atoms with Gasteiger partial charge in [0.05, 0.1) is 0 Å². The van der Waals surface area contributed by atoms with E-state index in [1.165, 1.54) is 5.56 Å². The number of benzene rings is 1. The first kappa shape index (κ1) is 6.59. The summed E-state index contributed by atoms with van der Waals surface area (Å²) in [5.74, 6) is 0.618. The molecule has 0 heterocycles. The second kappa shape index (κ2) is 2.50. The third-order valence-electron chi connectivity index (χ3n) is 2.27. The van der Waals surface area contributed by atoms with Gasteiger partial charge in [-0.15, -0.1) is 0 Å². The Balaban J connectivity index is 2.23. The van der Waals surface area contributed by atoms with Crippen LogP contribution >= 0.6 is 0 Å². The summed E-state index contributed by atoms with van der Waals surface area (Å²) in [7, 11) is 0. The molecule has 1 aliphatic carbocycles. The molecule has 1 saturated carbocycles. The van der Waals surface area contributed by atoms with Gasteiger partial charge < -0.3 is 0 Å².